The van der Waals surface area contributed by atoms with E-state index in [2.05, 4.69) is 53.6 Å². The molecule has 0 saturated heterocycles. The molecule has 0 spiro atoms. The lowest BCUT2D eigenvalue weighted by molar-refractivity contribution is 0.311. The van der Waals surface area contributed by atoms with Gasteiger partial charge >= 0.3 is 0 Å². The molecule has 3 aromatic rings. The van der Waals surface area contributed by atoms with E-state index in [0.29, 0.717) is 0 Å². The average molecular weight is 281 g/mol. The Bertz CT molecular complexity index is 706. The molecule has 0 aliphatic heterocycles. The molecule has 1 N–H and O–H groups in total. The number of hydrogen-bond acceptors (Lipinski definition) is 4. The zero-order chi connectivity index (χ0) is 14.7. The normalized spacial score (nSPS) is 12.7. The van der Waals surface area contributed by atoms with E-state index in [-0.39, 0.29) is 6.04 Å². The van der Waals surface area contributed by atoms with Crippen LogP contribution in [0, 0.1) is 0 Å². The molecule has 2 heterocycles. The number of hydrogen-bond donors (Lipinski definition) is 1. The molecular weight excluding hydrogens is 262 g/mol. The molecule has 2 aromatic heterocycles. The summed E-state index contributed by atoms with van der Waals surface area (Å²) in [6.07, 6.45) is 3.46. The van der Waals surface area contributed by atoms with Crippen LogP contribution in [-0.4, -0.2) is 30.5 Å². The maximum Gasteiger partial charge on any atom is 0.139 e. The van der Waals surface area contributed by atoms with Gasteiger partial charge in [0.25, 0.3) is 0 Å². The van der Waals surface area contributed by atoms with Crippen molar-refractivity contribution in [1.82, 2.24) is 9.88 Å². The van der Waals surface area contributed by atoms with E-state index >= 15 is 0 Å². The summed E-state index contributed by atoms with van der Waals surface area (Å²) >= 11 is 0. The summed E-state index contributed by atoms with van der Waals surface area (Å²) in [6.45, 7) is 0.786. The Morgan fingerprint density at radius 1 is 1.14 bits per heavy atom. The minimum Gasteiger partial charge on any atom is -0.464 e. The Morgan fingerprint density at radius 3 is 2.71 bits per heavy atom. The van der Waals surface area contributed by atoms with E-state index in [1.165, 1.54) is 5.56 Å². The number of nitrogens with zero attached hydrogens (tertiary/aromatic N) is 2. The third-order valence-corrected chi connectivity index (χ3v) is 3.65. The van der Waals surface area contributed by atoms with E-state index < -0.39 is 0 Å². The lowest BCUT2D eigenvalue weighted by Crippen LogP contribution is -2.27. The van der Waals surface area contributed by atoms with Gasteiger partial charge in [-0.15, -0.1) is 0 Å². The summed E-state index contributed by atoms with van der Waals surface area (Å²) in [5.41, 5.74) is 2.14. The van der Waals surface area contributed by atoms with Crippen molar-refractivity contribution in [2.45, 2.75) is 6.04 Å². The second-order valence-electron chi connectivity index (χ2n) is 5.26. The second-order valence-corrected chi connectivity index (χ2v) is 5.26. The van der Waals surface area contributed by atoms with E-state index in [1.807, 2.05) is 18.2 Å². The summed E-state index contributed by atoms with van der Waals surface area (Å²) < 4.78 is 5.41. The summed E-state index contributed by atoms with van der Waals surface area (Å²) in [7, 11) is 4.18. The quantitative estimate of drug-likeness (QED) is 0.776. The van der Waals surface area contributed by atoms with Crippen molar-refractivity contribution in [3.63, 3.8) is 0 Å². The van der Waals surface area contributed by atoms with Gasteiger partial charge in [-0.3, -0.25) is 0 Å². The molecule has 4 nitrogen and oxygen atoms in total. The minimum atomic E-state index is 0.287. The van der Waals surface area contributed by atoms with Gasteiger partial charge in [-0.2, -0.15) is 0 Å². The number of furan rings is 1. The van der Waals surface area contributed by atoms with Crippen LogP contribution in [0.5, 0.6) is 0 Å². The van der Waals surface area contributed by atoms with Gasteiger partial charge in [-0.05, 0) is 31.8 Å². The molecule has 1 unspecified atom stereocenters. The lowest BCUT2D eigenvalue weighted by Gasteiger charge is -2.25. The third kappa shape index (κ3) is 2.90. The van der Waals surface area contributed by atoms with Gasteiger partial charge in [-0.1, -0.05) is 30.3 Å². The second kappa shape index (κ2) is 5.97. The number of likely N-dealkylation sites (N-methyl/N-ethyl adjacent to an activating group) is 1. The van der Waals surface area contributed by atoms with E-state index in [0.717, 1.165) is 23.3 Å². The maximum atomic E-state index is 5.41. The van der Waals surface area contributed by atoms with E-state index in [9.17, 15) is 0 Å². The van der Waals surface area contributed by atoms with E-state index in [1.54, 1.807) is 12.5 Å². The highest BCUT2D eigenvalue weighted by Gasteiger charge is 2.14. The molecule has 4 heteroatoms. The van der Waals surface area contributed by atoms with Crippen molar-refractivity contribution in [3.05, 3.63) is 60.5 Å². The van der Waals surface area contributed by atoms with Crippen LogP contribution in [-0.2, 0) is 0 Å². The Balaban J connectivity index is 1.80. The monoisotopic (exact) mass is 281 g/mol. The van der Waals surface area contributed by atoms with Gasteiger partial charge in [-0.25, -0.2) is 4.98 Å². The van der Waals surface area contributed by atoms with Crippen LogP contribution in [0.25, 0.3) is 11.0 Å². The Hall–Kier alpha value is -2.33. The Morgan fingerprint density at radius 2 is 1.95 bits per heavy atom. The molecule has 1 atom stereocenters. The highest BCUT2D eigenvalue weighted by molar-refractivity contribution is 5.87. The first-order valence-corrected chi connectivity index (χ1v) is 7.03. The number of aromatic nitrogens is 1. The third-order valence-electron chi connectivity index (χ3n) is 3.65. The molecule has 0 amide bonds. The van der Waals surface area contributed by atoms with E-state index in [4.69, 9.17) is 4.42 Å². The van der Waals surface area contributed by atoms with Crippen LogP contribution in [0.4, 0.5) is 5.82 Å². The first kappa shape index (κ1) is 13.6. The summed E-state index contributed by atoms with van der Waals surface area (Å²) in [5.74, 6) is 0.865. The number of benzene rings is 1. The maximum absolute atomic E-state index is 5.41. The number of pyridine rings is 1. The summed E-state index contributed by atoms with van der Waals surface area (Å²) in [4.78, 5) is 6.62. The average Bonchev–Trinajstić information content (AvgIpc) is 2.97. The minimum absolute atomic E-state index is 0.287. The molecule has 108 valence electrons. The van der Waals surface area contributed by atoms with Gasteiger partial charge in [0.15, 0.2) is 0 Å². The van der Waals surface area contributed by atoms with Crippen molar-refractivity contribution < 1.29 is 4.42 Å². The fraction of sp³-hybridized carbons (Fsp3) is 0.235. The molecule has 0 aliphatic rings. The molecule has 0 radical (unpaired) electrons. The smallest absolute Gasteiger partial charge is 0.139 e. The van der Waals surface area contributed by atoms with Gasteiger partial charge in [0.05, 0.1) is 17.7 Å². The molecule has 0 bridgehead atoms. The zero-order valence-electron chi connectivity index (χ0n) is 12.3. The van der Waals surface area contributed by atoms with Gasteiger partial charge in [0, 0.05) is 12.7 Å². The largest absolute Gasteiger partial charge is 0.464 e. The summed E-state index contributed by atoms with van der Waals surface area (Å²) in [5, 5.41) is 4.46. The first-order valence-electron chi connectivity index (χ1n) is 7.03. The van der Waals surface area contributed by atoms with Crippen molar-refractivity contribution in [1.29, 1.82) is 0 Å². The predicted octanol–water partition coefficient (Wildman–Crippen LogP) is 3.54. The fourth-order valence-electron chi connectivity index (χ4n) is 2.50. The fourth-order valence-corrected chi connectivity index (χ4v) is 2.50. The van der Waals surface area contributed by atoms with Crippen LogP contribution in [0.15, 0.2) is 59.3 Å². The molecule has 0 saturated carbocycles. The van der Waals surface area contributed by atoms with Crippen molar-refractivity contribution in [2.24, 2.45) is 0 Å². The van der Waals surface area contributed by atoms with Crippen LogP contribution >= 0.6 is 0 Å². The van der Waals surface area contributed by atoms with Crippen LogP contribution in [0.2, 0.25) is 0 Å². The van der Waals surface area contributed by atoms with Crippen molar-refractivity contribution in [2.75, 3.05) is 26.0 Å². The highest BCUT2D eigenvalue weighted by Crippen LogP contribution is 2.24. The number of rotatable bonds is 5. The SMILES string of the molecule is CN(C)C(CNc1nccc2occc12)c1ccccc1. The van der Waals surface area contributed by atoms with Gasteiger partial charge < -0.3 is 14.6 Å². The number of nitrogens with one attached hydrogen (secondary N) is 1. The predicted molar refractivity (Wildman–Crippen MR) is 85.4 cm³/mol. The number of anilines is 1. The molecular formula is C17H19N3O. The Labute approximate surface area is 124 Å². The molecule has 1 aromatic carbocycles. The van der Waals surface area contributed by atoms with Gasteiger partial charge in [0.1, 0.15) is 11.4 Å². The highest BCUT2D eigenvalue weighted by atomic mass is 16.3. The van der Waals surface area contributed by atoms with Crippen LogP contribution in [0.3, 0.4) is 0 Å². The standard InChI is InChI=1S/C17H19N3O/c1-20(2)15(13-6-4-3-5-7-13)12-19-17-14-9-11-21-16(14)8-10-18-17/h3-11,15H,12H2,1-2H3,(H,18,19). The lowest BCUT2D eigenvalue weighted by atomic mass is 10.1. The molecule has 0 aliphatic carbocycles. The molecule has 3 rings (SSSR count). The topological polar surface area (TPSA) is 41.3 Å². The molecule has 0 fully saturated rings. The zero-order valence-corrected chi connectivity index (χ0v) is 12.3. The summed E-state index contributed by atoms with van der Waals surface area (Å²) in [6, 6.07) is 14.6. The van der Waals surface area contributed by atoms with Crippen LogP contribution in [0.1, 0.15) is 11.6 Å². The van der Waals surface area contributed by atoms with Crippen LogP contribution < -0.4 is 5.32 Å². The number of fused-ring (bicyclic) bond motifs is 1. The Kier molecular flexibility index (Phi) is 3.88. The van der Waals surface area contributed by atoms with Crippen molar-refractivity contribution in [3.8, 4) is 0 Å². The van der Waals surface area contributed by atoms with Gasteiger partial charge in [0.2, 0.25) is 0 Å². The van der Waals surface area contributed by atoms with Crippen molar-refractivity contribution >= 4 is 16.8 Å². The first-order chi connectivity index (χ1) is 10.3. The molecule has 21 heavy (non-hydrogen) atoms.